The van der Waals surface area contributed by atoms with E-state index in [1.165, 1.54) is 13.0 Å². The fourth-order valence-electron chi connectivity index (χ4n) is 1.66. The molecule has 0 aliphatic heterocycles. The molecule has 2 aromatic rings. The molecule has 0 aliphatic rings. The van der Waals surface area contributed by atoms with Gasteiger partial charge in [0.05, 0.1) is 0 Å². The normalized spacial score (nSPS) is 10.0. The molecule has 2 aromatic carbocycles. The SMILES string of the molecule is CC(=O)c1ccc(NC(=O)Nc2ccc(F)c(F)c2)cc1. The second-order valence-electron chi connectivity index (χ2n) is 4.34. The van der Waals surface area contributed by atoms with Crippen LogP contribution < -0.4 is 10.6 Å². The van der Waals surface area contributed by atoms with E-state index in [4.69, 9.17) is 0 Å². The predicted molar refractivity (Wildman–Crippen MR) is 75.4 cm³/mol. The molecule has 0 aromatic heterocycles. The van der Waals surface area contributed by atoms with Gasteiger partial charge in [0.1, 0.15) is 0 Å². The summed E-state index contributed by atoms with van der Waals surface area (Å²) in [7, 11) is 0. The Morgan fingerprint density at radius 1 is 0.857 bits per heavy atom. The van der Waals surface area contributed by atoms with Crippen LogP contribution in [-0.4, -0.2) is 11.8 Å². The fraction of sp³-hybridized carbons (Fsp3) is 0.0667. The Bertz CT molecular complexity index is 685. The van der Waals surface area contributed by atoms with E-state index in [1.807, 2.05) is 0 Å². The molecule has 21 heavy (non-hydrogen) atoms. The molecule has 108 valence electrons. The molecule has 0 atom stereocenters. The number of ketones is 1. The Hall–Kier alpha value is -2.76. The summed E-state index contributed by atoms with van der Waals surface area (Å²) in [6.45, 7) is 1.44. The summed E-state index contributed by atoms with van der Waals surface area (Å²) < 4.78 is 25.8. The van der Waals surface area contributed by atoms with Crippen molar-refractivity contribution in [3.05, 3.63) is 59.7 Å². The van der Waals surface area contributed by atoms with Crippen molar-refractivity contribution >= 4 is 23.2 Å². The zero-order chi connectivity index (χ0) is 15.4. The van der Waals surface area contributed by atoms with Crippen LogP contribution in [-0.2, 0) is 0 Å². The van der Waals surface area contributed by atoms with E-state index in [-0.39, 0.29) is 11.5 Å². The first-order valence-electron chi connectivity index (χ1n) is 6.10. The lowest BCUT2D eigenvalue weighted by molar-refractivity contribution is 0.101. The van der Waals surface area contributed by atoms with Gasteiger partial charge in [-0.05, 0) is 43.3 Å². The lowest BCUT2D eigenvalue weighted by atomic mass is 10.1. The Morgan fingerprint density at radius 3 is 2.00 bits per heavy atom. The molecular weight excluding hydrogens is 278 g/mol. The second-order valence-corrected chi connectivity index (χ2v) is 4.34. The van der Waals surface area contributed by atoms with Crippen molar-refractivity contribution in [3.8, 4) is 0 Å². The molecule has 0 bridgehead atoms. The number of hydrogen-bond donors (Lipinski definition) is 2. The summed E-state index contributed by atoms with van der Waals surface area (Å²) in [6.07, 6.45) is 0. The maximum absolute atomic E-state index is 13.0. The number of halogens is 2. The lowest BCUT2D eigenvalue weighted by Crippen LogP contribution is -2.19. The highest BCUT2D eigenvalue weighted by Crippen LogP contribution is 2.14. The number of benzene rings is 2. The lowest BCUT2D eigenvalue weighted by Gasteiger charge is -2.08. The van der Waals surface area contributed by atoms with Gasteiger partial charge in [0.2, 0.25) is 0 Å². The average Bonchev–Trinajstić information content (AvgIpc) is 2.43. The first kappa shape index (κ1) is 14.6. The summed E-state index contributed by atoms with van der Waals surface area (Å²) in [4.78, 5) is 22.8. The number of anilines is 2. The van der Waals surface area contributed by atoms with Gasteiger partial charge in [0.25, 0.3) is 0 Å². The maximum atomic E-state index is 13.0. The van der Waals surface area contributed by atoms with Crippen molar-refractivity contribution in [1.82, 2.24) is 0 Å². The first-order valence-corrected chi connectivity index (χ1v) is 6.10. The predicted octanol–water partition coefficient (Wildman–Crippen LogP) is 3.81. The van der Waals surface area contributed by atoms with Crippen LogP contribution in [0.2, 0.25) is 0 Å². The molecule has 4 nitrogen and oxygen atoms in total. The summed E-state index contributed by atoms with van der Waals surface area (Å²) in [5.41, 5.74) is 1.13. The van der Waals surface area contributed by atoms with Gasteiger partial charge in [0.15, 0.2) is 17.4 Å². The number of carbonyl (C=O) groups excluding carboxylic acids is 2. The number of amides is 2. The van der Waals surface area contributed by atoms with Crippen LogP contribution in [0.25, 0.3) is 0 Å². The van der Waals surface area contributed by atoms with Gasteiger partial charge in [-0.1, -0.05) is 0 Å². The van der Waals surface area contributed by atoms with Crippen LogP contribution in [0.3, 0.4) is 0 Å². The Morgan fingerprint density at radius 2 is 1.43 bits per heavy atom. The van der Waals surface area contributed by atoms with Gasteiger partial charge < -0.3 is 10.6 Å². The number of urea groups is 1. The molecule has 0 aliphatic carbocycles. The Kier molecular flexibility index (Phi) is 4.27. The van der Waals surface area contributed by atoms with E-state index in [2.05, 4.69) is 10.6 Å². The fourth-order valence-corrected chi connectivity index (χ4v) is 1.66. The van der Waals surface area contributed by atoms with E-state index >= 15 is 0 Å². The molecule has 0 spiro atoms. The van der Waals surface area contributed by atoms with Crippen molar-refractivity contribution in [3.63, 3.8) is 0 Å². The van der Waals surface area contributed by atoms with Gasteiger partial charge in [-0.3, -0.25) is 4.79 Å². The molecule has 0 radical (unpaired) electrons. The quantitative estimate of drug-likeness (QED) is 0.844. The van der Waals surface area contributed by atoms with E-state index in [0.717, 1.165) is 12.1 Å². The zero-order valence-corrected chi connectivity index (χ0v) is 11.1. The highest BCUT2D eigenvalue weighted by atomic mass is 19.2. The van der Waals surface area contributed by atoms with Crippen LogP contribution in [0.1, 0.15) is 17.3 Å². The third-order valence-corrected chi connectivity index (χ3v) is 2.73. The number of carbonyl (C=O) groups is 2. The molecule has 2 rings (SSSR count). The monoisotopic (exact) mass is 290 g/mol. The molecule has 0 unspecified atom stereocenters. The van der Waals surface area contributed by atoms with E-state index in [9.17, 15) is 18.4 Å². The minimum atomic E-state index is -1.04. The van der Waals surface area contributed by atoms with Crippen molar-refractivity contribution in [2.75, 3.05) is 10.6 Å². The molecule has 0 fully saturated rings. The zero-order valence-electron chi connectivity index (χ0n) is 11.1. The van der Waals surface area contributed by atoms with E-state index < -0.39 is 17.7 Å². The average molecular weight is 290 g/mol. The van der Waals surface area contributed by atoms with Gasteiger partial charge in [-0.2, -0.15) is 0 Å². The summed E-state index contributed by atoms with van der Waals surface area (Å²) in [6, 6.07) is 8.75. The highest BCUT2D eigenvalue weighted by Gasteiger charge is 2.07. The van der Waals surface area contributed by atoms with Crippen LogP contribution in [0.15, 0.2) is 42.5 Å². The number of hydrogen-bond acceptors (Lipinski definition) is 2. The standard InChI is InChI=1S/C15H12F2N2O2/c1-9(20)10-2-4-11(5-3-10)18-15(21)19-12-6-7-13(16)14(17)8-12/h2-8H,1H3,(H2,18,19,21). The highest BCUT2D eigenvalue weighted by molar-refractivity contribution is 6.00. The van der Waals surface area contributed by atoms with Crippen molar-refractivity contribution < 1.29 is 18.4 Å². The Labute approximate surface area is 119 Å². The largest absolute Gasteiger partial charge is 0.323 e. The van der Waals surface area contributed by atoms with Crippen molar-refractivity contribution in [1.29, 1.82) is 0 Å². The summed E-state index contributed by atoms with van der Waals surface area (Å²) in [5.74, 6) is -2.10. The van der Waals surface area contributed by atoms with E-state index in [0.29, 0.717) is 11.3 Å². The molecule has 2 N–H and O–H groups in total. The number of nitrogens with one attached hydrogen (secondary N) is 2. The number of Topliss-reactive ketones (excluding diaryl/α,β-unsaturated/α-hetero) is 1. The molecule has 6 heteroatoms. The van der Waals surface area contributed by atoms with Gasteiger partial charge in [0, 0.05) is 23.0 Å². The smallest absolute Gasteiger partial charge is 0.308 e. The van der Waals surface area contributed by atoms with E-state index in [1.54, 1.807) is 24.3 Å². The molecular formula is C15H12F2N2O2. The van der Waals surface area contributed by atoms with Gasteiger partial charge in [-0.25, -0.2) is 13.6 Å². The minimum absolute atomic E-state index is 0.0761. The molecule has 0 heterocycles. The second kappa shape index (κ2) is 6.13. The third-order valence-electron chi connectivity index (χ3n) is 2.73. The van der Waals surface area contributed by atoms with Gasteiger partial charge >= 0.3 is 6.03 Å². The van der Waals surface area contributed by atoms with Crippen LogP contribution in [0.4, 0.5) is 25.0 Å². The molecule has 0 saturated carbocycles. The van der Waals surface area contributed by atoms with Crippen molar-refractivity contribution in [2.24, 2.45) is 0 Å². The number of rotatable bonds is 3. The maximum Gasteiger partial charge on any atom is 0.323 e. The molecule has 0 saturated heterocycles. The summed E-state index contributed by atoms with van der Waals surface area (Å²) in [5, 5.41) is 4.89. The third kappa shape index (κ3) is 3.85. The first-order chi connectivity index (χ1) is 9.95. The van der Waals surface area contributed by atoms with Crippen LogP contribution in [0.5, 0.6) is 0 Å². The minimum Gasteiger partial charge on any atom is -0.308 e. The van der Waals surface area contributed by atoms with Crippen LogP contribution in [0, 0.1) is 11.6 Å². The van der Waals surface area contributed by atoms with Crippen molar-refractivity contribution in [2.45, 2.75) is 6.92 Å². The topological polar surface area (TPSA) is 58.2 Å². The molecule has 2 amide bonds. The van der Waals surface area contributed by atoms with Crippen LogP contribution >= 0.6 is 0 Å². The summed E-state index contributed by atoms with van der Waals surface area (Å²) >= 11 is 0. The van der Waals surface area contributed by atoms with Gasteiger partial charge in [-0.15, -0.1) is 0 Å². The Balaban J connectivity index is 2.01.